The van der Waals surface area contributed by atoms with E-state index in [1.807, 2.05) is 0 Å². The van der Waals surface area contributed by atoms with Crippen LogP contribution in [0.2, 0.25) is 0 Å². The van der Waals surface area contributed by atoms with Gasteiger partial charge in [-0.15, -0.1) is 0 Å². The molecule has 1 fully saturated rings. The summed E-state index contributed by atoms with van der Waals surface area (Å²) in [6.07, 6.45) is -0.283. The Hall–Kier alpha value is -2.45. The van der Waals surface area contributed by atoms with E-state index in [1.54, 1.807) is 20.8 Å². The Balaban J connectivity index is 2.07. The SMILES string of the molecule is CC(C)(C)OC(=O)NC1=NC(C)(c2cc(N)ccc2F)C(F)(F)C2(CCC2)O1. The average Bonchev–Trinajstić information content (AvgIpc) is 2.49. The number of rotatable bonds is 1. The Morgan fingerprint density at radius 1 is 1.32 bits per heavy atom. The standard InChI is InChI=1S/C19H24F3N3O3/c1-16(2,3)28-15(26)24-14-25-17(4,12-10-11(23)6-7-13(12)20)19(21,22)18(27-14)8-5-9-18/h6-7,10H,5,8-9,23H2,1-4H3,(H,24,25,26). The molecule has 28 heavy (non-hydrogen) atoms. The molecule has 3 N–H and O–H groups in total. The van der Waals surface area contributed by atoms with Gasteiger partial charge in [0.25, 0.3) is 6.02 Å². The summed E-state index contributed by atoms with van der Waals surface area (Å²) in [6, 6.07) is 3.01. The maximum atomic E-state index is 15.5. The number of nitrogens with zero attached hydrogens (tertiary/aromatic N) is 1. The van der Waals surface area contributed by atoms with Crippen molar-refractivity contribution < 1.29 is 27.4 Å². The van der Waals surface area contributed by atoms with Crippen molar-refractivity contribution in [3.05, 3.63) is 29.6 Å². The van der Waals surface area contributed by atoms with Crippen LogP contribution >= 0.6 is 0 Å². The van der Waals surface area contributed by atoms with E-state index in [4.69, 9.17) is 15.2 Å². The molecule has 2 aliphatic rings. The summed E-state index contributed by atoms with van der Waals surface area (Å²) in [5.41, 5.74) is 0.446. The number of halogens is 3. The van der Waals surface area contributed by atoms with Crippen LogP contribution < -0.4 is 11.1 Å². The molecule has 0 radical (unpaired) electrons. The van der Waals surface area contributed by atoms with Crippen molar-refractivity contribution >= 4 is 17.8 Å². The number of amides is 1. The van der Waals surface area contributed by atoms with Gasteiger partial charge in [0.2, 0.25) is 0 Å². The number of aliphatic imine (C=N–C) groups is 1. The first-order valence-corrected chi connectivity index (χ1v) is 9.02. The van der Waals surface area contributed by atoms with Crippen LogP contribution in [0.5, 0.6) is 0 Å². The third kappa shape index (κ3) is 3.16. The lowest BCUT2D eigenvalue weighted by Crippen LogP contribution is -2.68. The molecule has 6 nitrogen and oxygen atoms in total. The summed E-state index contributed by atoms with van der Waals surface area (Å²) in [5.74, 6) is -4.40. The van der Waals surface area contributed by atoms with E-state index in [1.165, 1.54) is 6.07 Å². The zero-order valence-electron chi connectivity index (χ0n) is 16.2. The summed E-state index contributed by atoms with van der Waals surface area (Å²) >= 11 is 0. The summed E-state index contributed by atoms with van der Waals surface area (Å²) in [5, 5.41) is 2.28. The Kier molecular flexibility index (Phi) is 4.55. The highest BCUT2D eigenvalue weighted by Gasteiger charge is 2.72. The fourth-order valence-electron chi connectivity index (χ4n) is 3.49. The molecule has 1 atom stereocenters. The van der Waals surface area contributed by atoms with Crippen LogP contribution in [-0.2, 0) is 15.0 Å². The lowest BCUT2D eigenvalue weighted by Gasteiger charge is -2.54. The molecule has 1 aromatic carbocycles. The molecule has 0 saturated heterocycles. The van der Waals surface area contributed by atoms with E-state index in [-0.39, 0.29) is 24.1 Å². The number of alkyl halides is 2. The van der Waals surface area contributed by atoms with E-state index >= 15 is 8.78 Å². The lowest BCUT2D eigenvalue weighted by molar-refractivity contribution is -0.253. The Labute approximate surface area is 161 Å². The van der Waals surface area contributed by atoms with Gasteiger partial charge in [0.15, 0.2) is 11.1 Å². The number of hydrogen-bond acceptors (Lipinski definition) is 5. The van der Waals surface area contributed by atoms with Crippen LogP contribution in [0, 0.1) is 5.82 Å². The van der Waals surface area contributed by atoms with Crippen LogP contribution in [0.25, 0.3) is 0 Å². The second kappa shape index (κ2) is 6.28. The van der Waals surface area contributed by atoms with E-state index in [9.17, 15) is 9.18 Å². The third-order valence-corrected chi connectivity index (χ3v) is 5.08. The smallest absolute Gasteiger partial charge is 0.415 e. The minimum atomic E-state index is -3.54. The van der Waals surface area contributed by atoms with Crippen LogP contribution in [0.15, 0.2) is 23.2 Å². The number of nitrogens with one attached hydrogen (secondary N) is 1. The van der Waals surface area contributed by atoms with Gasteiger partial charge in [0.1, 0.15) is 11.4 Å². The number of hydrogen-bond donors (Lipinski definition) is 2. The lowest BCUT2D eigenvalue weighted by atomic mass is 9.66. The maximum Gasteiger partial charge on any atom is 0.415 e. The number of nitrogen functional groups attached to an aromatic ring is 1. The summed E-state index contributed by atoms with van der Waals surface area (Å²) in [4.78, 5) is 16.0. The third-order valence-electron chi connectivity index (χ3n) is 5.08. The molecule has 9 heteroatoms. The molecule has 1 aliphatic heterocycles. The summed E-state index contributed by atoms with van der Waals surface area (Å²) in [7, 11) is 0. The van der Waals surface area contributed by atoms with Crippen molar-refractivity contribution in [1.82, 2.24) is 5.32 Å². The maximum absolute atomic E-state index is 15.5. The first-order valence-electron chi connectivity index (χ1n) is 9.02. The average molecular weight is 399 g/mol. The summed E-state index contributed by atoms with van der Waals surface area (Å²) in [6.45, 7) is 6.09. The van der Waals surface area contributed by atoms with Gasteiger partial charge < -0.3 is 15.2 Å². The molecule has 154 valence electrons. The molecule has 1 heterocycles. The highest BCUT2D eigenvalue weighted by Crippen LogP contribution is 2.58. The number of carbonyl (C=O) groups is 1. The molecule has 1 saturated carbocycles. The molecule has 0 bridgehead atoms. The van der Waals surface area contributed by atoms with Gasteiger partial charge in [-0.2, -0.15) is 8.78 Å². The number of nitrogens with two attached hydrogens (primary N) is 1. The van der Waals surface area contributed by atoms with Crippen LogP contribution in [0.3, 0.4) is 0 Å². The first-order chi connectivity index (χ1) is 12.8. The van der Waals surface area contributed by atoms with Crippen molar-refractivity contribution in [3.8, 4) is 0 Å². The quantitative estimate of drug-likeness (QED) is 0.697. The van der Waals surface area contributed by atoms with Gasteiger partial charge in [-0.1, -0.05) is 0 Å². The van der Waals surface area contributed by atoms with Gasteiger partial charge >= 0.3 is 12.0 Å². The van der Waals surface area contributed by atoms with Crippen molar-refractivity contribution in [2.45, 2.75) is 69.6 Å². The molecule has 1 unspecified atom stereocenters. The number of benzene rings is 1. The van der Waals surface area contributed by atoms with E-state index in [2.05, 4.69) is 10.3 Å². The number of amidine groups is 1. The van der Waals surface area contributed by atoms with Crippen molar-refractivity contribution in [2.24, 2.45) is 4.99 Å². The number of anilines is 1. The van der Waals surface area contributed by atoms with E-state index in [0.29, 0.717) is 6.42 Å². The molecule has 0 aromatic heterocycles. The predicted octanol–water partition coefficient (Wildman–Crippen LogP) is 4.09. The monoisotopic (exact) mass is 399 g/mol. The summed E-state index contributed by atoms with van der Waals surface area (Å²) < 4.78 is 56.2. The predicted molar refractivity (Wildman–Crippen MR) is 97.6 cm³/mol. The fourth-order valence-corrected chi connectivity index (χ4v) is 3.49. The minimum Gasteiger partial charge on any atom is -0.452 e. The first kappa shape index (κ1) is 20.3. The zero-order chi connectivity index (χ0) is 21.0. The van der Waals surface area contributed by atoms with Crippen LogP contribution in [-0.4, -0.2) is 29.2 Å². The number of carbonyl (C=O) groups excluding carboxylic acids is 1. The van der Waals surface area contributed by atoms with Crippen molar-refractivity contribution in [1.29, 1.82) is 0 Å². The molecular formula is C19H24F3N3O3. The Bertz CT molecular complexity index is 831. The fraction of sp³-hybridized carbons (Fsp3) is 0.579. The molecule has 1 aromatic rings. The largest absolute Gasteiger partial charge is 0.452 e. The topological polar surface area (TPSA) is 85.9 Å². The van der Waals surface area contributed by atoms with Crippen LogP contribution in [0.1, 0.15) is 52.5 Å². The number of ether oxygens (including phenoxy) is 2. The van der Waals surface area contributed by atoms with Gasteiger partial charge in [-0.25, -0.2) is 19.5 Å². The second-order valence-electron chi connectivity index (χ2n) is 8.38. The van der Waals surface area contributed by atoms with Crippen LogP contribution in [0.4, 0.5) is 23.7 Å². The Morgan fingerprint density at radius 2 is 1.96 bits per heavy atom. The van der Waals surface area contributed by atoms with Gasteiger partial charge in [-0.3, -0.25) is 0 Å². The van der Waals surface area contributed by atoms with Crippen molar-refractivity contribution in [3.63, 3.8) is 0 Å². The second-order valence-corrected chi connectivity index (χ2v) is 8.38. The minimum absolute atomic E-state index is 0.0501. The van der Waals surface area contributed by atoms with Gasteiger partial charge in [0.05, 0.1) is 0 Å². The normalized spacial score (nSPS) is 25.3. The molecule has 3 rings (SSSR count). The molecule has 1 aliphatic carbocycles. The van der Waals surface area contributed by atoms with Gasteiger partial charge in [0, 0.05) is 11.3 Å². The highest BCUT2D eigenvalue weighted by atomic mass is 19.3. The Morgan fingerprint density at radius 3 is 2.50 bits per heavy atom. The zero-order valence-corrected chi connectivity index (χ0v) is 16.2. The molecular weight excluding hydrogens is 375 g/mol. The number of alkyl carbamates (subject to hydrolysis) is 1. The van der Waals surface area contributed by atoms with E-state index < -0.39 is 40.6 Å². The molecule has 1 spiro atoms. The molecule has 1 amide bonds. The van der Waals surface area contributed by atoms with Gasteiger partial charge in [-0.05, 0) is 65.2 Å². The van der Waals surface area contributed by atoms with E-state index in [0.717, 1.165) is 19.1 Å². The van der Waals surface area contributed by atoms with Crippen molar-refractivity contribution in [2.75, 3.05) is 5.73 Å². The highest BCUT2D eigenvalue weighted by molar-refractivity contribution is 5.91.